The van der Waals surface area contributed by atoms with E-state index in [2.05, 4.69) is 9.92 Å². The van der Waals surface area contributed by atoms with Crippen LogP contribution >= 0.6 is 11.9 Å². The summed E-state index contributed by atoms with van der Waals surface area (Å²) in [6.45, 7) is 0. The summed E-state index contributed by atoms with van der Waals surface area (Å²) in [5.41, 5.74) is 4.60. The standard InChI is InChI=1S/C2H6N2O5S2/c3-2(5)4-10-1-9-11(6,7)8/h1H2,(H3,3,4,5)(H,6,7,8). The van der Waals surface area contributed by atoms with Crippen LogP contribution in [0.25, 0.3) is 0 Å². The lowest BCUT2D eigenvalue weighted by Crippen LogP contribution is -2.23. The molecule has 0 aromatic rings. The van der Waals surface area contributed by atoms with Crippen molar-refractivity contribution in [1.29, 1.82) is 0 Å². The minimum atomic E-state index is -4.44. The van der Waals surface area contributed by atoms with Crippen LogP contribution < -0.4 is 10.5 Å². The highest BCUT2D eigenvalue weighted by atomic mass is 32.3. The molecular weight excluding hydrogens is 196 g/mol. The second kappa shape index (κ2) is 4.38. The minimum absolute atomic E-state index is 0.429. The Bertz CT molecular complexity index is 223. The molecule has 0 rings (SSSR count). The predicted molar refractivity (Wildman–Crippen MR) is 37.8 cm³/mol. The maximum Gasteiger partial charge on any atom is 0.398 e. The molecule has 0 aromatic heterocycles. The van der Waals surface area contributed by atoms with Crippen molar-refractivity contribution in [2.45, 2.75) is 0 Å². The summed E-state index contributed by atoms with van der Waals surface area (Å²) >= 11 is 0.602. The highest BCUT2D eigenvalue weighted by molar-refractivity contribution is 7.98. The van der Waals surface area contributed by atoms with Crippen LogP contribution in [0.3, 0.4) is 0 Å². The number of hydrogen-bond donors (Lipinski definition) is 3. The number of nitrogens with two attached hydrogens (primary N) is 1. The first-order valence-corrected chi connectivity index (χ1v) is 4.56. The Labute approximate surface area is 67.4 Å². The number of amides is 2. The van der Waals surface area contributed by atoms with Crippen LogP contribution in [0.15, 0.2) is 0 Å². The van der Waals surface area contributed by atoms with E-state index in [0.29, 0.717) is 11.9 Å². The Balaban J connectivity index is 3.37. The molecule has 0 unspecified atom stereocenters. The molecule has 0 spiro atoms. The molecule has 9 heteroatoms. The van der Waals surface area contributed by atoms with Crippen molar-refractivity contribution in [3.05, 3.63) is 0 Å². The molecule has 4 N–H and O–H groups in total. The number of primary amides is 1. The molecule has 0 atom stereocenters. The summed E-state index contributed by atoms with van der Waals surface area (Å²) in [6, 6.07) is -0.825. The van der Waals surface area contributed by atoms with Gasteiger partial charge in [-0.25, -0.2) is 8.98 Å². The van der Waals surface area contributed by atoms with Gasteiger partial charge in [0.1, 0.15) is 5.94 Å². The summed E-state index contributed by atoms with van der Waals surface area (Å²) in [5.74, 6) is -0.429. The van der Waals surface area contributed by atoms with Crippen molar-refractivity contribution >= 4 is 28.4 Å². The zero-order valence-electron chi connectivity index (χ0n) is 5.18. The first kappa shape index (κ1) is 10.5. The van der Waals surface area contributed by atoms with Crippen molar-refractivity contribution in [2.75, 3.05) is 5.94 Å². The number of rotatable bonds is 4. The molecule has 0 bridgehead atoms. The molecule has 0 aromatic carbocycles. The van der Waals surface area contributed by atoms with Crippen molar-refractivity contribution in [3.8, 4) is 0 Å². The predicted octanol–water partition coefficient (Wildman–Crippen LogP) is -0.920. The Morgan fingerprint density at radius 2 is 2.27 bits per heavy atom. The second-order valence-electron chi connectivity index (χ2n) is 1.27. The highest BCUT2D eigenvalue weighted by Crippen LogP contribution is 1.96. The van der Waals surface area contributed by atoms with Gasteiger partial charge in [0.15, 0.2) is 0 Å². The Morgan fingerprint density at radius 3 is 2.64 bits per heavy atom. The van der Waals surface area contributed by atoms with E-state index in [1.165, 1.54) is 0 Å². The van der Waals surface area contributed by atoms with Gasteiger partial charge >= 0.3 is 16.4 Å². The van der Waals surface area contributed by atoms with Crippen LogP contribution in [-0.2, 0) is 14.6 Å². The van der Waals surface area contributed by atoms with Gasteiger partial charge in [-0.15, -0.1) is 0 Å². The molecule has 0 fully saturated rings. The molecule has 11 heavy (non-hydrogen) atoms. The fourth-order valence-corrected chi connectivity index (χ4v) is 1.07. The first-order valence-electron chi connectivity index (χ1n) is 2.21. The Hall–Kier alpha value is -0.510. The molecule has 0 radical (unpaired) electrons. The van der Waals surface area contributed by atoms with Crippen LogP contribution in [0.5, 0.6) is 0 Å². The third-order valence-corrected chi connectivity index (χ3v) is 1.57. The van der Waals surface area contributed by atoms with E-state index in [0.717, 1.165) is 0 Å². The van der Waals surface area contributed by atoms with Crippen LogP contribution in [0.4, 0.5) is 4.79 Å². The number of urea groups is 1. The summed E-state index contributed by atoms with van der Waals surface area (Å²) in [5, 5.41) is 0. The molecule has 0 saturated heterocycles. The molecule has 66 valence electrons. The van der Waals surface area contributed by atoms with Gasteiger partial charge in [0, 0.05) is 0 Å². The number of hydrogen-bond acceptors (Lipinski definition) is 5. The van der Waals surface area contributed by atoms with Gasteiger partial charge < -0.3 is 5.73 Å². The lowest BCUT2D eigenvalue weighted by molar-refractivity contribution is 0.253. The van der Waals surface area contributed by atoms with Crippen molar-refractivity contribution in [2.24, 2.45) is 5.73 Å². The maximum atomic E-state index is 9.95. The van der Waals surface area contributed by atoms with Gasteiger partial charge in [-0.2, -0.15) is 8.42 Å². The third kappa shape index (κ3) is 9.49. The number of carbonyl (C=O) groups excluding carboxylic acids is 1. The third-order valence-electron chi connectivity index (χ3n) is 0.429. The highest BCUT2D eigenvalue weighted by Gasteiger charge is 2.03. The quantitative estimate of drug-likeness (QED) is 0.235. The number of carbonyl (C=O) groups is 1. The summed E-state index contributed by atoms with van der Waals surface area (Å²) in [7, 11) is -4.44. The van der Waals surface area contributed by atoms with E-state index >= 15 is 0 Å². The van der Waals surface area contributed by atoms with Gasteiger partial charge in [0.05, 0.1) is 0 Å². The van der Waals surface area contributed by atoms with Crippen LogP contribution in [0.1, 0.15) is 0 Å². The first-order chi connectivity index (χ1) is 4.92. The molecular formula is C2H6N2O5S2. The molecule has 0 aliphatic carbocycles. The lowest BCUT2D eigenvalue weighted by atomic mass is 11.2. The van der Waals surface area contributed by atoms with Gasteiger partial charge in [-0.1, -0.05) is 0 Å². The SMILES string of the molecule is NC(=O)NSCOS(=O)(=O)O. The van der Waals surface area contributed by atoms with E-state index < -0.39 is 22.4 Å². The van der Waals surface area contributed by atoms with Crippen LogP contribution in [-0.4, -0.2) is 24.9 Å². The molecule has 7 nitrogen and oxygen atoms in total. The van der Waals surface area contributed by atoms with E-state index in [1.54, 1.807) is 0 Å². The van der Waals surface area contributed by atoms with Gasteiger partial charge in [0.2, 0.25) is 0 Å². The summed E-state index contributed by atoms with van der Waals surface area (Å²) in [6.07, 6.45) is 0. The van der Waals surface area contributed by atoms with Gasteiger partial charge in [0.25, 0.3) is 0 Å². The van der Waals surface area contributed by atoms with Crippen LogP contribution in [0, 0.1) is 0 Å². The smallest absolute Gasteiger partial charge is 0.351 e. The zero-order valence-corrected chi connectivity index (χ0v) is 6.81. The summed E-state index contributed by atoms with van der Waals surface area (Å²) < 4.78 is 33.5. The fraction of sp³-hybridized carbons (Fsp3) is 0.500. The van der Waals surface area contributed by atoms with Crippen LogP contribution in [0.2, 0.25) is 0 Å². The van der Waals surface area contributed by atoms with Crippen molar-refractivity contribution in [3.63, 3.8) is 0 Å². The zero-order chi connectivity index (χ0) is 8.91. The largest absolute Gasteiger partial charge is 0.398 e. The van der Waals surface area contributed by atoms with Gasteiger partial charge in [-0.3, -0.25) is 9.27 Å². The number of nitrogens with one attached hydrogen (secondary N) is 1. The van der Waals surface area contributed by atoms with Crippen molar-refractivity contribution < 1.29 is 21.9 Å². The van der Waals surface area contributed by atoms with E-state index in [9.17, 15) is 13.2 Å². The van der Waals surface area contributed by atoms with E-state index in [4.69, 9.17) is 4.55 Å². The van der Waals surface area contributed by atoms with E-state index in [-0.39, 0.29) is 0 Å². The fourth-order valence-electron chi connectivity index (χ4n) is 0.185. The molecule has 0 aliphatic heterocycles. The minimum Gasteiger partial charge on any atom is -0.351 e. The molecule has 0 saturated carbocycles. The van der Waals surface area contributed by atoms with Gasteiger partial charge in [-0.05, 0) is 11.9 Å². The normalized spacial score (nSPS) is 11.0. The lowest BCUT2D eigenvalue weighted by Gasteiger charge is -1.98. The van der Waals surface area contributed by atoms with E-state index in [1.807, 2.05) is 4.72 Å². The Morgan fingerprint density at radius 1 is 1.73 bits per heavy atom. The average Bonchev–Trinajstić information content (AvgIpc) is 1.78. The molecule has 2 amide bonds. The average molecular weight is 202 g/mol. The maximum absolute atomic E-state index is 9.95. The summed E-state index contributed by atoms with van der Waals surface area (Å²) in [4.78, 5) is 9.95. The monoisotopic (exact) mass is 202 g/mol. The van der Waals surface area contributed by atoms with Crippen molar-refractivity contribution in [1.82, 2.24) is 4.72 Å². The molecule has 0 heterocycles. The topological polar surface area (TPSA) is 119 Å². The second-order valence-corrected chi connectivity index (χ2v) is 3.09. The molecule has 0 aliphatic rings. The Kier molecular flexibility index (Phi) is 4.18.